The van der Waals surface area contributed by atoms with Crippen LogP contribution in [0, 0.1) is 5.92 Å². The second-order valence-corrected chi connectivity index (χ2v) is 3.74. The van der Waals surface area contributed by atoms with Gasteiger partial charge in [-0.05, 0) is 12.3 Å². The SMILES string of the molecule is O=C(O)c1n[nH]c2c1C1CC1C2(F)F. The molecule has 2 atom stereocenters. The van der Waals surface area contributed by atoms with Crippen LogP contribution in [0.15, 0.2) is 0 Å². The zero-order valence-electron chi connectivity index (χ0n) is 6.92. The van der Waals surface area contributed by atoms with Crippen LogP contribution in [0.25, 0.3) is 0 Å². The van der Waals surface area contributed by atoms with Crippen molar-refractivity contribution in [2.75, 3.05) is 0 Å². The number of nitrogens with zero attached hydrogens (tertiary/aromatic N) is 1. The highest BCUT2D eigenvalue weighted by atomic mass is 19.3. The summed E-state index contributed by atoms with van der Waals surface area (Å²) in [5.41, 5.74) is -0.326. The second-order valence-electron chi connectivity index (χ2n) is 3.74. The third-order valence-electron chi connectivity index (χ3n) is 2.97. The van der Waals surface area contributed by atoms with Crippen LogP contribution in [0.5, 0.6) is 0 Å². The van der Waals surface area contributed by atoms with Gasteiger partial charge in [-0.25, -0.2) is 4.79 Å². The highest BCUT2D eigenvalue weighted by molar-refractivity contribution is 5.88. The molecule has 0 spiro atoms. The Morgan fingerprint density at radius 2 is 2.36 bits per heavy atom. The van der Waals surface area contributed by atoms with Crippen molar-refractivity contribution in [1.82, 2.24) is 10.2 Å². The molecule has 1 aromatic heterocycles. The third kappa shape index (κ3) is 0.681. The molecule has 6 heteroatoms. The van der Waals surface area contributed by atoms with E-state index in [2.05, 4.69) is 10.2 Å². The van der Waals surface area contributed by atoms with Gasteiger partial charge in [0.05, 0.1) is 0 Å². The van der Waals surface area contributed by atoms with Crippen LogP contribution in [-0.4, -0.2) is 21.3 Å². The van der Waals surface area contributed by atoms with Crippen molar-refractivity contribution < 1.29 is 18.7 Å². The number of aromatic nitrogens is 2. The summed E-state index contributed by atoms with van der Waals surface area (Å²) < 4.78 is 26.8. The maximum absolute atomic E-state index is 13.4. The second kappa shape index (κ2) is 1.97. The summed E-state index contributed by atoms with van der Waals surface area (Å²) in [7, 11) is 0. The zero-order chi connectivity index (χ0) is 10.1. The molecule has 2 aliphatic rings. The van der Waals surface area contributed by atoms with Crippen LogP contribution in [0.4, 0.5) is 8.78 Å². The molecular weight excluding hydrogens is 194 g/mol. The highest BCUT2D eigenvalue weighted by Gasteiger charge is 2.66. The molecule has 0 saturated heterocycles. The first-order chi connectivity index (χ1) is 6.53. The summed E-state index contributed by atoms with van der Waals surface area (Å²) in [6.07, 6.45) is 0.375. The van der Waals surface area contributed by atoms with Crippen molar-refractivity contribution in [2.24, 2.45) is 5.92 Å². The fourth-order valence-electron chi connectivity index (χ4n) is 2.23. The number of nitrogens with one attached hydrogen (secondary N) is 1. The van der Waals surface area contributed by atoms with E-state index < -0.39 is 17.8 Å². The van der Waals surface area contributed by atoms with Gasteiger partial charge in [0.15, 0.2) is 5.69 Å². The molecule has 74 valence electrons. The summed E-state index contributed by atoms with van der Waals surface area (Å²) >= 11 is 0. The molecule has 0 aromatic carbocycles. The molecule has 3 rings (SSSR count). The van der Waals surface area contributed by atoms with Gasteiger partial charge in [-0.2, -0.15) is 13.9 Å². The van der Waals surface area contributed by atoms with Crippen LogP contribution >= 0.6 is 0 Å². The average molecular weight is 200 g/mol. The lowest BCUT2D eigenvalue weighted by atomic mass is 10.1. The van der Waals surface area contributed by atoms with Crippen molar-refractivity contribution in [2.45, 2.75) is 18.3 Å². The average Bonchev–Trinajstić information content (AvgIpc) is 2.70. The summed E-state index contributed by atoms with van der Waals surface area (Å²) in [4.78, 5) is 10.7. The predicted octanol–water partition coefficient (Wildman–Crippen LogP) is 1.32. The van der Waals surface area contributed by atoms with E-state index in [0.29, 0.717) is 6.42 Å². The number of carbonyl (C=O) groups is 1. The van der Waals surface area contributed by atoms with Gasteiger partial charge in [0.1, 0.15) is 5.69 Å². The van der Waals surface area contributed by atoms with Gasteiger partial charge in [-0.3, -0.25) is 5.10 Å². The molecule has 0 radical (unpaired) electrons. The molecule has 0 aliphatic heterocycles. The van der Waals surface area contributed by atoms with Crippen molar-refractivity contribution in [3.63, 3.8) is 0 Å². The van der Waals surface area contributed by atoms with E-state index in [0.717, 1.165) is 0 Å². The molecule has 1 fully saturated rings. The van der Waals surface area contributed by atoms with Crippen LogP contribution in [-0.2, 0) is 5.92 Å². The fraction of sp³-hybridized carbons (Fsp3) is 0.500. The summed E-state index contributed by atoms with van der Waals surface area (Å²) in [6.45, 7) is 0. The van der Waals surface area contributed by atoms with E-state index in [4.69, 9.17) is 5.11 Å². The van der Waals surface area contributed by atoms with Gasteiger partial charge in [0.25, 0.3) is 5.92 Å². The van der Waals surface area contributed by atoms with Crippen molar-refractivity contribution in [1.29, 1.82) is 0 Å². The Morgan fingerprint density at radius 1 is 1.64 bits per heavy atom. The van der Waals surface area contributed by atoms with Crippen molar-refractivity contribution >= 4 is 5.97 Å². The number of rotatable bonds is 1. The topological polar surface area (TPSA) is 66.0 Å². The molecule has 4 nitrogen and oxygen atoms in total. The number of aromatic amines is 1. The van der Waals surface area contributed by atoms with E-state index in [-0.39, 0.29) is 22.9 Å². The minimum atomic E-state index is -2.92. The fourth-order valence-corrected chi connectivity index (χ4v) is 2.23. The molecule has 1 heterocycles. The number of carboxylic acid groups (broad SMARTS) is 1. The quantitative estimate of drug-likeness (QED) is 0.718. The molecular formula is C8H6F2N2O2. The lowest BCUT2D eigenvalue weighted by Crippen LogP contribution is -2.14. The Hall–Kier alpha value is -1.46. The molecule has 2 N–H and O–H groups in total. The number of halogens is 2. The van der Waals surface area contributed by atoms with Crippen molar-refractivity contribution in [3.05, 3.63) is 17.0 Å². The number of hydrogen-bond acceptors (Lipinski definition) is 2. The normalized spacial score (nSPS) is 31.0. The van der Waals surface area contributed by atoms with Crippen LogP contribution in [0.2, 0.25) is 0 Å². The lowest BCUT2D eigenvalue weighted by Gasteiger charge is -2.09. The number of alkyl halides is 2. The van der Waals surface area contributed by atoms with Crippen LogP contribution < -0.4 is 0 Å². The number of carboxylic acids is 1. The van der Waals surface area contributed by atoms with Gasteiger partial charge in [-0.15, -0.1) is 0 Å². The molecule has 2 unspecified atom stereocenters. The maximum atomic E-state index is 13.4. The molecule has 0 bridgehead atoms. The molecule has 14 heavy (non-hydrogen) atoms. The maximum Gasteiger partial charge on any atom is 0.356 e. The Morgan fingerprint density at radius 3 is 3.00 bits per heavy atom. The first-order valence-electron chi connectivity index (χ1n) is 4.23. The minimum Gasteiger partial charge on any atom is -0.476 e. The summed E-state index contributed by atoms with van der Waals surface area (Å²) in [5, 5.41) is 14.3. The highest BCUT2D eigenvalue weighted by Crippen LogP contribution is 2.66. The zero-order valence-corrected chi connectivity index (χ0v) is 6.92. The van der Waals surface area contributed by atoms with Gasteiger partial charge >= 0.3 is 5.97 Å². The van der Waals surface area contributed by atoms with Gasteiger partial charge in [-0.1, -0.05) is 0 Å². The van der Waals surface area contributed by atoms with Gasteiger partial charge in [0, 0.05) is 11.5 Å². The Labute approximate surface area is 76.9 Å². The minimum absolute atomic E-state index is 0.215. The Kier molecular flexibility index (Phi) is 1.11. The largest absolute Gasteiger partial charge is 0.476 e. The van der Waals surface area contributed by atoms with Crippen molar-refractivity contribution in [3.8, 4) is 0 Å². The molecule has 1 aromatic rings. The molecule has 1 saturated carbocycles. The van der Waals surface area contributed by atoms with E-state index in [9.17, 15) is 13.6 Å². The first kappa shape index (κ1) is 7.90. The van der Waals surface area contributed by atoms with E-state index >= 15 is 0 Å². The number of fused-ring (bicyclic) bond motifs is 3. The number of hydrogen-bond donors (Lipinski definition) is 2. The third-order valence-corrected chi connectivity index (χ3v) is 2.97. The number of H-pyrrole nitrogens is 1. The van der Waals surface area contributed by atoms with E-state index in [1.807, 2.05) is 0 Å². The standard InChI is InChI=1S/C8H6F2N2O2/c9-8(10)3-1-2(3)4-5(7(13)14)11-12-6(4)8/h2-3H,1H2,(H,11,12)(H,13,14). The van der Waals surface area contributed by atoms with Gasteiger partial charge < -0.3 is 5.11 Å². The Balaban J connectivity index is 2.22. The van der Waals surface area contributed by atoms with Gasteiger partial charge in [0.2, 0.25) is 0 Å². The molecule has 0 amide bonds. The van der Waals surface area contributed by atoms with Crippen LogP contribution in [0.1, 0.15) is 34.1 Å². The Bertz CT molecular complexity index is 441. The monoisotopic (exact) mass is 200 g/mol. The lowest BCUT2D eigenvalue weighted by molar-refractivity contribution is -0.0268. The summed E-state index contributed by atoms with van der Waals surface area (Å²) in [6, 6.07) is 0. The van der Waals surface area contributed by atoms with Crippen LogP contribution in [0.3, 0.4) is 0 Å². The molecule has 2 aliphatic carbocycles. The number of aromatic carboxylic acids is 1. The first-order valence-corrected chi connectivity index (χ1v) is 4.23. The van der Waals surface area contributed by atoms with E-state index in [1.165, 1.54) is 0 Å². The summed E-state index contributed by atoms with van der Waals surface area (Å²) in [5.74, 6) is -5.17. The van der Waals surface area contributed by atoms with E-state index in [1.54, 1.807) is 0 Å². The predicted molar refractivity (Wildman–Crippen MR) is 40.3 cm³/mol. The smallest absolute Gasteiger partial charge is 0.356 e.